The second-order valence-corrected chi connectivity index (χ2v) is 5.91. The fourth-order valence-corrected chi connectivity index (χ4v) is 3.05. The van der Waals surface area contributed by atoms with E-state index in [4.69, 9.17) is 4.74 Å². The summed E-state index contributed by atoms with van der Waals surface area (Å²) in [5.74, 6) is -0.510. The Morgan fingerprint density at radius 2 is 2.29 bits per heavy atom. The van der Waals surface area contributed by atoms with Gasteiger partial charge in [0.2, 0.25) is 0 Å². The van der Waals surface area contributed by atoms with Gasteiger partial charge in [0.25, 0.3) is 11.5 Å². The molecule has 0 atom stereocenters. The fraction of sp³-hybridized carbons (Fsp3) is 0.462. The highest BCUT2D eigenvalue weighted by Gasteiger charge is 2.34. The van der Waals surface area contributed by atoms with Crippen LogP contribution in [0.5, 0.6) is 0 Å². The highest BCUT2D eigenvalue weighted by molar-refractivity contribution is 7.15. The van der Waals surface area contributed by atoms with Gasteiger partial charge in [0, 0.05) is 31.0 Å². The maximum absolute atomic E-state index is 12.4. The lowest BCUT2D eigenvalue weighted by molar-refractivity contribution is 0.0125. The van der Waals surface area contributed by atoms with Crippen molar-refractivity contribution < 1.29 is 14.6 Å². The van der Waals surface area contributed by atoms with Crippen molar-refractivity contribution in [2.24, 2.45) is 0 Å². The summed E-state index contributed by atoms with van der Waals surface area (Å²) in [4.78, 5) is 29.2. The number of carbonyl (C=O) groups is 1. The van der Waals surface area contributed by atoms with E-state index in [1.807, 2.05) is 0 Å². The predicted octanol–water partition coefficient (Wildman–Crippen LogP) is 0.0273. The first kappa shape index (κ1) is 14.2. The Kier molecular flexibility index (Phi) is 3.75. The zero-order valence-electron chi connectivity index (χ0n) is 11.2. The fourth-order valence-electron chi connectivity index (χ4n) is 2.37. The number of nitrogens with zero attached hydrogens (tertiary/aromatic N) is 2. The molecule has 0 bridgehead atoms. The molecular formula is C13H15N3O4S. The van der Waals surface area contributed by atoms with Crippen LogP contribution in [0.15, 0.2) is 22.6 Å². The third kappa shape index (κ3) is 2.57. The molecule has 1 saturated heterocycles. The summed E-state index contributed by atoms with van der Waals surface area (Å²) in [5, 5.41) is 14.1. The molecule has 0 aromatic carbocycles. The number of aliphatic hydroxyl groups is 1. The normalized spacial score (nSPS) is 17.8. The number of rotatable bonds is 3. The van der Waals surface area contributed by atoms with Gasteiger partial charge in [0.15, 0.2) is 4.96 Å². The molecule has 0 unspecified atom stereocenters. The first-order valence-corrected chi connectivity index (χ1v) is 7.49. The van der Waals surface area contributed by atoms with Crippen LogP contribution < -0.4 is 10.9 Å². The maximum atomic E-state index is 12.4. The largest absolute Gasteiger partial charge is 0.394 e. The Morgan fingerprint density at radius 3 is 3.00 bits per heavy atom. The number of hydrogen-bond donors (Lipinski definition) is 2. The molecule has 3 heterocycles. The van der Waals surface area contributed by atoms with Crippen molar-refractivity contribution in [3.63, 3.8) is 0 Å². The SMILES string of the molecule is O=C(NC1(CO)CCOCC1)c1cnc2sccn2c1=O. The number of aliphatic hydroxyl groups excluding tert-OH is 1. The van der Waals surface area contributed by atoms with Crippen molar-refractivity contribution in [3.8, 4) is 0 Å². The molecule has 3 rings (SSSR count). The lowest BCUT2D eigenvalue weighted by Crippen LogP contribution is -2.55. The number of aromatic nitrogens is 2. The number of ether oxygens (including phenoxy) is 1. The van der Waals surface area contributed by atoms with E-state index in [0.29, 0.717) is 31.0 Å². The van der Waals surface area contributed by atoms with Crippen LogP contribution in [0.2, 0.25) is 0 Å². The average molecular weight is 309 g/mol. The summed E-state index contributed by atoms with van der Waals surface area (Å²) in [7, 11) is 0. The lowest BCUT2D eigenvalue weighted by atomic mass is 9.90. The molecule has 2 aromatic rings. The van der Waals surface area contributed by atoms with Crippen LogP contribution >= 0.6 is 11.3 Å². The van der Waals surface area contributed by atoms with Gasteiger partial charge in [-0.3, -0.25) is 14.0 Å². The highest BCUT2D eigenvalue weighted by Crippen LogP contribution is 2.20. The van der Waals surface area contributed by atoms with Gasteiger partial charge in [-0.1, -0.05) is 0 Å². The summed E-state index contributed by atoms with van der Waals surface area (Å²) >= 11 is 1.32. The molecule has 2 N–H and O–H groups in total. The zero-order valence-corrected chi connectivity index (χ0v) is 12.1. The number of hydrogen-bond acceptors (Lipinski definition) is 6. The van der Waals surface area contributed by atoms with E-state index in [-0.39, 0.29) is 12.2 Å². The van der Waals surface area contributed by atoms with Crippen molar-refractivity contribution in [2.45, 2.75) is 18.4 Å². The Labute approximate surface area is 124 Å². The molecule has 8 heteroatoms. The monoisotopic (exact) mass is 309 g/mol. The molecule has 0 radical (unpaired) electrons. The van der Waals surface area contributed by atoms with E-state index >= 15 is 0 Å². The topological polar surface area (TPSA) is 92.9 Å². The molecule has 112 valence electrons. The minimum absolute atomic E-state index is 0.0229. The second-order valence-electron chi connectivity index (χ2n) is 5.04. The van der Waals surface area contributed by atoms with Crippen LogP contribution in [0, 0.1) is 0 Å². The second kappa shape index (κ2) is 5.55. The molecule has 1 amide bonds. The van der Waals surface area contributed by atoms with Crippen LogP contribution in [-0.2, 0) is 4.74 Å². The maximum Gasteiger partial charge on any atom is 0.271 e. The number of nitrogens with one attached hydrogen (secondary N) is 1. The third-order valence-corrected chi connectivity index (χ3v) is 4.49. The van der Waals surface area contributed by atoms with E-state index in [1.54, 1.807) is 11.6 Å². The summed E-state index contributed by atoms with van der Waals surface area (Å²) < 4.78 is 6.59. The van der Waals surface area contributed by atoms with Crippen molar-refractivity contribution in [1.82, 2.24) is 14.7 Å². The van der Waals surface area contributed by atoms with Crippen LogP contribution in [0.4, 0.5) is 0 Å². The summed E-state index contributed by atoms with van der Waals surface area (Å²) in [6.45, 7) is 0.765. The number of fused-ring (bicyclic) bond motifs is 1. The van der Waals surface area contributed by atoms with E-state index < -0.39 is 17.0 Å². The van der Waals surface area contributed by atoms with Gasteiger partial charge < -0.3 is 15.2 Å². The molecule has 0 saturated carbocycles. The Morgan fingerprint density at radius 1 is 1.52 bits per heavy atom. The summed E-state index contributed by atoms with van der Waals surface area (Å²) in [6, 6.07) is 0. The molecule has 1 fully saturated rings. The van der Waals surface area contributed by atoms with Gasteiger partial charge in [-0.25, -0.2) is 4.98 Å². The third-order valence-electron chi connectivity index (χ3n) is 3.72. The van der Waals surface area contributed by atoms with E-state index in [0.717, 1.165) is 0 Å². The highest BCUT2D eigenvalue weighted by atomic mass is 32.1. The van der Waals surface area contributed by atoms with Gasteiger partial charge in [0.1, 0.15) is 5.56 Å². The van der Waals surface area contributed by atoms with Gasteiger partial charge >= 0.3 is 0 Å². The predicted molar refractivity (Wildman–Crippen MR) is 76.7 cm³/mol. The Hall–Kier alpha value is -1.77. The first-order valence-electron chi connectivity index (χ1n) is 6.61. The Bertz CT molecular complexity index is 718. The first-order chi connectivity index (χ1) is 10.2. The molecule has 0 aliphatic carbocycles. The minimum Gasteiger partial charge on any atom is -0.394 e. The standard InChI is InChI=1S/C13H15N3O4S/c17-8-13(1-4-20-5-2-13)15-10(18)9-7-14-12-16(11(9)19)3-6-21-12/h3,6-7,17H,1-2,4-5,8H2,(H,15,18). The van der Waals surface area contributed by atoms with Gasteiger partial charge in [-0.05, 0) is 12.8 Å². The van der Waals surface area contributed by atoms with Crippen LogP contribution in [0.1, 0.15) is 23.2 Å². The summed E-state index contributed by atoms with van der Waals surface area (Å²) in [5.41, 5.74) is -1.15. The molecule has 2 aromatic heterocycles. The van der Waals surface area contributed by atoms with Crippen LogP contribution in [-0.4, -0.2) is 45.8 Å². The number of amides is 1. The smallest absolute Gasteiger partial charge is 0.271 e. The van der Waals surface area contributed by atoms with Gasteiger partial charge in [-0.15, -0.1) is 11.3 Å². The Balaban J connectivity index is 1.89. The zero-order chi connectivity index (χ0) is 14.9. The van der Waals surface area contributed by atoms with Gasteiger partial charge in [0.05, 0.1) is 12.1 Å². The lowest BCUT2D eigenvalue weighted by Gasteiger charge is -2.36. The van der Waals surface area contributed by atoms with E-state index in [2.05, 4.69) is 10.3 Å². The average Bonchev–Trinajstić information content (AvgIpc) is 2.98. The van der Waals surface area contributed by atoms with Crippen molar-refractivity contribution >= 4 is 22.2 Å². The molecule has 1 aliphatic heterocycles. The van der Waals surface area contributed by atoms with Crippen LogP contribution in [0.3, 0.4) is 0 Å². The number of carbonyl (C=O) groups excluding carboxylic acids is 1. The van der Waals surface area contributed by atoms with Crippen molar-refractivity contribution in [3.05, 3.63) is 33.7 Å². The van der Waals surface area contributed by atoms with E-state index in [1.165, 1.54) is 21.9 Å². The minimum atomic E-state index is -0.726. The van der Waals surface area contributed by atoms with Crippen molar-refractivity contribution in [2.75, 3.05) is 19.8 Å². The molecular weight excluding hydrogens is 294 g/mol. The molecule has 7 nitrogen and oxygen atoms in total. The molecule has 0 spiro atoms. The number of thiazole rings is 1. The van der Waals surface area contributed by atoms with Crippen LogP contribution in [0.25, 0.3) is 4.96 Å². The molecule has 21 heavy (non-hydrogen) atoms. The van der Waals surface area contributed by atoms with Crippen molar-refractivity contribution in [1.29, 1.82) is 0 Å². The molecule has 1 aliphatic rings. The van der Waals surface area contributed by atoms with E-state index in [9.17, 15) is 14.7 Å². The van der Waals surface area contributed by atoms with Gasteiger partial charge in [-0.2, -0.15) is 0 Å². The summed E-state index contributed by atoms with van der Waals surface area (Å²) in [6.07, 6.45) is 3.91. The quantitative estimate of drug-likeness (QED) is 0.834.